The minimum absolute atomic E-state index is 0.185. The Morgan fingerprint density at radius 2 is 2.00 bits per heavy atom. The molecule has 2 atom stereocenters. The molecule has 1 aromatic carbocycles. The SMILES string of the molecule is [2H]c1ccc2c(N3C[C@@H]4CN(c5ncc(Br)cc5C)CCN4[C@@H](C)C3)ccc(C#N)c2n1. The molecule has 0 N–H and O–H groups in total. The van der Waals surface area contributed by atoms with Gasteiger partial charge in [-0.3, -0.25) is 9.88 Å². The van der Waals surface area contributed by atoms with E-state index in [1.54, 1.807) is 6.07 Å². The predicted octanol–water partition coefficient (Wildman–Crippen LogP) is 3.97. The predicted molar refractivity (Wildman–Crippen MR) is 128 cm³/mol. The summed E-state index contributed by atoms with van der Waals surface area (Å²) in [6.45, 7) is 9.17. The van der Waals surface area contributed by atoms with Gasteiger partial charge in [-0.1, -0.05) is 0 Å². The summed E-state index contributed by atoms with van der Waals surface area (Å²) in [5.74, 6) is 1.06. The van der Waals surface area contributed by atoms with Crippen molar-refractivity contribution in [3.63, 3.8) is 0 Å². The monoisotopic (exact) mass is 477 g/mol. The van der Waals surface area contributed by atoms with Crippen LogP contribution in [0.25, 0.3) is 10.9 Å². The highest BCUT2D eigenvalue weighted by molar-refractivity contribution is 9.10. The van der Waals surface area contributed by atoms with E-state index in [0.717, 1.165) is 54.1 Å². The van der Waals surface area contributed by atoms with Crippen molar-refractivity contribution in [3.05, 3.63) is 58.3 Å². The van der Waals surface area contributed by atoms with Gasteiger partial charge in [0.05, 0.1) is 12.5 Å². The third-order valence-corrected chi connectivity index (χ3v) is 6.92. The number of aromatic nitrogens is 2. The number of pyridine rings is 2. The summed E-state index contributed by atoms with van der Waals surface area (Å²) in [4.78, 5) is 16.5. The van der Waals surface area contributed by atoms with E-state index in [9.17, 15) is 5.26 Å². The Hall–Kier alpha value is -2.69. The summed E-state index contributed by atoms with van der Waals surface area (Å²) in [5.41, 5.74) is 3.41. The van der Waals surface area contributed by atoms with Gasteiger partial charge in [0.25, 0.3) is 0 Å². The number of benzene rings is 1. The fourth-order valence-electron chi connectivity index (χ4n) is 5.09. The van der Waals surface area contributed by atoms with Crippen LogP contribution in [0.5, 0.6) is 0 Å². The first kappa shape index (κ1) is 19.0. The van der Waals surface area contributed by atoms with Gasteiger partial charge >= 0.3 is 0 Å². The number of anilines is 2. The molecule has 7 heteroatoms. The number of aryl methyl sites for hydroxylation is 1. The summed E-state index contributed by atoms with van der Waals surface area (Å²) in [6.07, 6.45) is 2.06. The smallest absolute Gasteiger partial charge is 0.131 e. The second kappa shape index (κ2) is 8.10. The summed E-state index contributed by atoms with van der Waals surface area (Å²) in [6, 6.07) is 12.7. The lowest BCUT2D eigenvalue weighted by Crippen LogP contribution is -2.65. The Kier molecular flexibility index (Phi) is 4.97. The van der Waals surface area contributed by atoms with Crippen LogP contribution in [-0.2, 0) is 0 Å². The maximum atomic E-state index is 9.52. The average Bonchev–Trinajstić information content (AvgIpc) is 2.77. The molecule has 2 saturated heterocycles. The topological polar surface area (TPSA) is 59.3 Å². The standard InChI is InChI=1S/C24H25BrN6/c1-16-10-19(25)12-28-24(16)29-8-9-31-17(2)13-30(15-20(31)14-29)22-6-5-18(11-26)23-21(22)4-3-7-27-23/h3-7,10,12,17,20H,8-9,13-15H2,1-2H3/t17-,20-/m0/s1/i7D. The molecule has 2 aliphatic rings. The van der Waals surface area contributed by atoms with Gasteiger partial charge in [-0.05, 0) is 65.7 Å². The quantitative estimate of drug-likeness (QED) is 0.556. The Morgan fingerprint density at radius 1 is 1.16 bits per heavy atom. The zero-order chi connectivity index (χ0) is 22.4. The first-order valence-corrected chi connectivity index (χ1v) is 11.4. The Balaban J connectivity index is 1.46. The number of halogens is 1. The Bertz CT molecular complexity index is 1230. The van der Waals surface area contributed by atoms with Gasteiger partial charge < -0.3 is 9.80 Å². The summed E-state index contributed by atoms with van der Waals surface area (Å²) >= 11 is 3.52. The van der Waals surface area contributed by atoms with Crippen molar-refractivity contribution in [3.8, 4) is 6.07 Å². The van der Waals surface area contributed by atoms with Crippen molar-refractivity contribution >= 4 is 38.3 Å². The van der Waals surface area contributed by atoms with Gasteiger partial charge in [0, 0.05) is 72.7 Å². The molecule has 6 nitrogen and oxygen atoms in total. The highest BCUT2D eigenvalue weighted by Crippen LogP contribution is 2.32. The van der Waals surface area contributed by atoms with Crippen molar-refractivity contribution in [2.24, 2.45) is 0 Å². The van der Waals surface area contributed by atoms with Crippen molar-refractivity contribution in [2.45, 2.75) is 25.9 Å². The van der Waals surface area contributed by atoms with E-state index in [1.807, 2.05) is 24.4 Å². The molecule has 0 bridgehead atoms. The number of fused-ring (bicyclic) bond motifs is 2. The zero-order valence-electron chi connectivity index (χ0n) is 18.7. The molecule has 2 fully saturated rings. The number of rotatable bonds is 2. The van der Waals surface area contributed by atoms with E-state index in [-0.39, 0.29) is 6.17 Å². The van der Waals surface area contributed by atoms with Gasteiger partial charge in [-0.25, -0.2) is 4.98 Å². The van der Waals surface area contributed by atoms with Crippen molar-refractivity contribution in [1.82, 2.24) is 14.9 Å². The average molecular weight is 478 g/mol. The molecular weight excluding hydrogens is 452 g/mol. The molecule has 31 heavy (non-hydrogen) atoms. The molecule has 5 rings (SSSR count). The summed E-state index contributed by atoms with van der Waals surface area (Å²) in [7, 11) is 0. The lowest BCUT2D eigenvalue weighted by Gasteiger charge is -2.51. The Morgan fingerprint density at radius 3 is 2.81 bits per heavy atom. The minimum atomic E-state index is 0.185. The van der Waals surface area contributed by atoms with Crippen LogP contribution < -0.4 is 9.80 Å². The first-order chi connectivity index (χ1) is 15.4. The highest BCUT2D eigenvalue weighted by atomic mass is 79.9. The van der Waals surface area contributed by atoms with Gasteiger partial charge in [0.15, 0.2) is 0 Å². The normalized spacial score (nSPS) is 22.2. The fourth-order valence-corrected chi connectivity index (χ4v) is 5.53. The third-order valence-electron chi connectivity index (χ3n) is 6.48. The Labute approximate surface area is 192 Å². The van der Waals surface area contributed by atoms with Crippen molar-refractivity contribution in [2.75, 3.05) is 42.5 Å². The van der Waals surface area contributed by atoms with Crippen LogP contribution >= 0.6 is 15.9 Å². The van der Waals surface area contributed by atoms with Crippen LogP contribution in [0.4, 0.5) is 11.5 Å². The van der Waals surface area contributed by atoms with Gasteiger partial charge in [0.2, 0.25) is 0 Å². The number of piperazine rings is 2. The second-order valence-corrected chi connectivity index (χ2v) is 9.38. The van der Waals surface area contributed by atoms with E-state index in [2.05, 4.69) is 61.6 Å². The molecule has 0 saturated carbocycles. The van der Waals surface area contributed by atoms with E-state index >= 15 is 0 Å². The summed E-state index contributed by atoms with van der Waals surface area (Å²) < 4.78 is 8.90. The molecule has 3 aromatic rings. The molecular formula is C24H25BrN6. The molecule has 2 aliphatic heterocycles. The molecule has 0 aliphatic carbocycles. The number of nitrogens with zero attached hydrogens (tertiary/aromatic N) is 6. The van der Waals surface area contributed by atoms with E-state index < -0.39 is 0 Å². The minimum Gasteiger partial charge on any atom is -0.368 e. The maximum Gasteiger partial charge on any atom is 0.131 e. The lowest BCUT2D eigenvalue weighted by atomic mass is 10.0. The highest BCUT2D eigenvalue weighted by Gasteiger charge is 2.37. The molecule has 0 spiro atoms. The number of nitriles is 1. The molecule has 158 valence electrons. The van der Waals surface area contributed by atoms with Gasteiger partial charge in [-0.15, -0.1) is 0 Å². The molecule has 0 radical (unpaired) electrons. The second-order valence-electron chi connectivity index (χ2n) is 8.47. The van der Waals surface area contributed by atoms with Crippen molar-refractivity contribution < 1.29 is 1.37 Å². The fraction of sp³-hybridized carbons (Fsp3) is 0.375. The first-order valence-electron chi connectivity index (χ1n) is 11.1. The molecule has 4 heterocycles. The van der Waals surface area contributed by atoms with Crippen LogP contribution in [0.2, 0.25) is 0 Å². The van der Waals surface area contributed by atoms with Gasteiger partial charge in [-0.2, -0.15) is 5.26 Å². The molecule has 0 unspecified atom stereocenters. The van der Waals surface area contributed by atoms with Gasteiger partial charge in [0.1, 0.15) is 11.9 Å². The van der Waals surface area contributed by atoms with Crippen LogP contribution in [0.15, 0.2) is 47.2 Å². The van der Waals surface area contributed by atoms with Crippen LogP contribution in [0.3, 0.4) is 0 Å². The lowest BCUT2D eigenvalue weighted by molar-refractivity contribution is 0.108. The van der Waals surface area contributed by atoms with Crippen LogP contribution in [0.1, 0.15) is 19.4 Å². The number of hydrogen-bond donors (Lipinski definition) is 0. The van der Waals surface area contributed by atoms with E-state index in [0.29, 0.717) is 23.2 Å². The van der Waals surface area contributed by atoms with E-state index in [1.165, 1.54) is 5.56 Å². The largest absolute Gasteiger partial charge is 0.368 e. The van der Waals surface area contributed by atoms with Crippen molar-refractivity contribution in [1.29, 1.82) is 5.26 Å². The van der Waals surface area contributed by atoms with E-state index in [4.69, 9.17) is 6.35 Å². The third kappa shape index (κ3) is 3.64. The molecule has 2 aromatic heterocycles. The van der Waals surface area contributed by atoms with Crippen LogP contribution in [0, 0.1) is 18.3 Å². The number of hydrogen-bond acceptors (Lipinski definition) is 6. The zero-order valence-corrected chi connectivity index (χ0v) is 19.3. The molecule has 0 amide bonds. The summed E-state index contributed by atoms with van der Waals surface area (Å²) in [5, 5.41) is 10.5. The van der Waals surface area contributed by atoms with Crippen LogP contribution in [-0.4, -0.2) is 59.7 Å². The maximum absolute atomic E-state index is 9.52.